The van der Waals surface area contributed by atoms with E-state index >= 15 is 0 Å². The van der Waals surface area contributed by atoms with Gasteiger partial charge in [-0.25, -0.2) is 4.79 Å². The highest BCUT2D eigenvalue weighted by Gasteiger charge is 2.24. The molecule has 1 aliphatic rings. The summed E-state index contributed by atoms with van der Waals surface area (Å²) in [7, 11) is 2.91. The summed E-state index contributed by atoms with van der Waals surface area (Å²) in [4.78, 5) is 38.2. The summed E-state index contributed by atoms with van der Waals surface area (Å²) in [6.07, 6.45) is 2.10. The van der Waals surface area contributed by atoms with Crippen molar-refractivity contribution in [1.29, 1.82) is 0 Å². The predicted octanol–water partition coefficient (Wildman–Crippen LogP) is 0.282. The van der Waals surface area contributed by atoms with Crippen molar-refractivity contribution < 1.29 is 4.79 Å². The third-order valence-corrected chi connectivity index (χ3v) is 4.09. The molecule has 6 heteroatoms. The Hall–Kier alpha value is -2.63. The average molecular weight is 299 g/mol. The lowest BCUT2D eigenvalue weighted by Crippen LogP contribution is -2.44. The van der Waals surface area contributed by atoms with Crippen LogP contribution in [0.5, 0.6) is 0 Å². The Morgan fingerprint density at radius 3 is 2.50 bits per heavy atom. The van der Waals surface area contributed by atoms with Crippen molar-refractivity contribution in [1.82, 2.24) is 14.0 Å². The largest absolute Gasteiger partial charge is 0.334 e. The topological polar surface area (TPSA) is 64.3 Å². The average Bonchev–Trinajstić information content (AvgIpc) is 2.55. The molecule has 0 aliphatic carbocycles. The van der Waals surface area contributed by atoms with Crippen molar-refractivity contribution in [2.75, 3.05) is 6.54 Å². The van der Waals surface area contributed by atoms with E-state index in [1.807, 2.05) is 18.2 Å². The highest BCUT2D eigenvalue weighted by molar-refractivity contribution is 5.93. The summed E-state index contributed by atoms with van der Waals surface area (Å²) in [5, 5.41) is 0. The van der Waals surface area contributed by atoms with Gasteiger partial charge in [0, 0.05) is 33.4 Å². The number of hydrogen-bond acceptors (Lipinski definition) is 3. The summed E-state index contributed by atoms with van der Waals surface area (Å²) in [5.41, 5.74) is 1.38. The molecule has 3 rings (SSSR count). The number of nitrogens with zero attached hydrogens (tertiary/aromatic N) is 3. The van der Waals surface area contributed by atoms with Crippen molar-refractivity contribution >= 4 is 5.91 Å². The second-order valence-electron chi connectivity index (χ2n) is 5.55. The van der Waals surface area contributed by atoms with E-state index in [2.05, 4.69) is 6.07 Å². The maximum Gasteiger partial charge on any atom is 0.330 e. The number of aryl methyl sites for hydroxylation is 1. The van der Waals surface area contributed by atoms with Crippen LogP contribution in [0.25, 0.3) is 0 Å². The summed E-state index contributed by atoms with van der Waals surface area (Å²) >= 11 is 0. The minimum Gasteiger partial charge on any atom is -0.334 e. The quantitative estimate of drug-likeness (QED) is 0.760. The third-order valence-electron chi connectivity index (χ3n) is 4.09. The molecule has 0 saturated carbocycles. The highest BCUT2D eigenvalue weighted by atomic mass is 16.2. The van der Waals surface area contributed by atoms with Crippen LogP contribution in [0.2, 0.25) is 0 Å². The monoisotopic (exact) mass is 299 g/mol. The zero-order valence-electron chi connectivity index (χ0n) is 12.6. The van der Waals surface area contributed by atoms with Gasteiger partial charge in [0.2, 0.25) is 0 Å². The van der Waals surface area contributed by atoms with Crippen LogP contribution in [0.3, 0.4) is 0 Å². The van der Waals surface area contributed by atoms with E-state index in [-0.39, 0.29) is 11.5 Å². The molecule has 0 unspecified atom stereocenters. The molecular weight excluding hydrogens is 282 g/mol. The molecule has 1 aromatic heterocycles. The minimum absolute atomic E-state index is 0.0315. The molecule has 0 saturated heterocycles. The molecule has 0 bridgehead atoms. The van der Waals surface area contributed by atoms with Gasteiger partial charge in [-0.2, -0.15) is 0 Å². The zero-order valence-corrected chi connectivity index (χ0v) is 12.6. The first kappa shape index (κ1) is 14.3. The highest BCUT2D eigenvalue weighted by Crippen LogP contribution is 2.19. The maximum absolute atomic E-state index is 12.6. The van der Waals surface area contributed by atoms with Gasteiger partial charge in [-0.05, 0) is 17.5 Å². The first-order valence-corrected chi connectivity index (χ1v) is 7.12. The molecule has 1 aliphatic heterocycles. The Balaban J connectivity index is 1.97. The second kappa shape index (κ2) is 5.29. The van der Waals surface area contributed by atoms with Gasteiger partial charge in [0.15, 0.2) is 0 Å². The minimum atomic E-state index is -0.549. The van der Waals surface area contributed by atoms with Crippen LogP contribution in [-0.2, 0) is 27.1 Å². The Morgan fingerprint density at radius 2 is 1.77 bits per heavy atom. The first-order chi connectivity index (χ1) is 10.5. The van der Waals surface area contributed by atoms with E-state index in [1.54, 1.807) is 4.90 Å². The lowest BCUT2D eigenvalue weighted by Gasteiger charge is -2.28. The molecule has 1 aromatic carbocycles. The number of carbonyl (C=O) groups excluding carboxylic acids is 1. The normalized spacial score (nSPS) is 13.8. The molecule has 2 aromatic rings. The van der Waals surface area contributed by atoms with Gasteiger partial charge in [0.05, 0.1) is 0 Å². The zero-order chi connectivity index (χ0) is 15.9. The molecule has 0 atom stereocenters. The van der Waals surface area contributed by atoms with Crippen molar-refractivity contribution in [3.05, 3.63) is 68.0 Å². The van der Waals surface area contributed by atoms with E-state index in [1.165, 1.54) is 30.4 Å². The van der Waals surface area contributed by atoms with Crippen LogP contribution < -0.4 is 11.2 Å². The van der Waals surface area contributed by atoms with Gasteiger partial charge in [-0.15, -0.1) is 0 Å². The summed E-state index contributed by atoms with van der Waals surface area (Å²) in [5.74, 6) is -0.328. The van der Waals surface area contributed by atoms with Crippen molar-refractivity contribution in [2.24, 2.45) is 14.1 Å². The van der Waals surface area contributed by atoms with E-state index in [9.17, 15) is 14.4 Å². The van der Waals surface area contributed by atoms with Crippen LogP contribution in [0.4, 0.5) is 0 Å². The van der Waals surface area contributed by atoms with Crippen LogP contribution in [0.15, 0.2) is 40.1 Å². The van der Waals surface area contributed by atoms with Crippen molar-refractivity contribution in [3.63, 3.8) is 0 Å². The van der Waals surface area contributed by atoms with E-state index in [4.69, 9.17) is 0 Å². The molecule has 6 nitrogen and oxygen atoms in total. The van der Waals surface area contributed by atoms with Crippen molar-refractivity contribution in [2.45, 2.75) is 13.0 Å². The van der Waals surface area contributed by atoms with Gasteiger partial charge in [-0.1, -0.05) is 24.3 Å². The number of aromatic nitrogens is 2. The number of rotatable bonds is 1. The molecule has 0 radical (unpaired) electrons. The number of carbonyl (C=O) groups is 1. The molecule has 0 N–H and O–H groups in total. The third kappa shape index (κ3) is 2.26. The van der Waals surface area contributed by atoms with Crippen LogP contribution in [0.1, 0.15) is 21.5 Å². The standard InChI is InChI=1S/C16H17N3O3/c1-17-10-13(14(20)18(2)16(17)22)15(21)19-8-7-11-5-3-4-6-12(11)9-19/h3-6,10H,7-9H2,1-2H3. The van der Waals surface area contributed by atoms with Crippen LogP contribution >= 0.6 is 0 Å². The molecule has 0 fully saturated rings. The fraction of sp³-hybridized carbons (Fsp3) is 0.312. The number of amides is 1. The maximum atomic E-state index is 12.6. The lowest BCUT2D eigenvalue weighted by molar-refractivity contribution is 0.0731. The Labute approximate surface area is 127 Å². The molecule has 0 spiro atoms. The summed E-state index contributed by atoms with van der Waals surface area (Å²) in [6.45, 7) is 1.06. The van der Waals surface area contributed by atoms with Gasteiger partial charge in [0.1, 0.15) is 5.56 Å². The van der Waals surface area contributed by atoms with Gasteiger partial charge in [0.25, 0.3) is 11.5 Å². The van der Waals surface area contributed by atoms with Gasteiger partial charge in [-0.3, -0.25) is 14.2 Å². The number of hydrogen-bond donors (Lipinski definition) is 0. The van der Waals surface area contributed by atoms with Crippen LogP contribution in [0, 0.1) is 0 Å². The van der Waals surface area contributed by atoms with Crippen molar-refractivity contribution in [3.8, 4) is 0 Å². The molecule has 22 heavy (non-hydrogen) atoms. The predicted molar refractivity (Wildman–Crippen MR) is 81.8 cm³/mol. The first-order valence-electron chi connectivity index (χ1n) is 7.12. The molecule has 1 amide bonds. The van der Waals surface area contributed by atoms with Gasteiger partial charge < -0.3 is 9.47 Å². The fourth-order valence-electron chi connectivity index (χ4n) is 2.79. The van der Waals surface area contributed by atoms with E-state index in [0.29, 0.717) is 13.1 Å². The Morgan fingerprint density at radius 1 is 1.09 bits per heavy atom. The lowest BCUT2D eigenvalue weighted by atomic mass is 9.99. The van der Waals surface area contributed by atoms with Crippen LogP contribution in [-0.4, -0.2) is 26.5 Å². The van der Waals surface area contributed by atoms with E-state index < -0.39 is 11.2 Å². The summed E-state index contributed by atoms with van der Waals surface area (Å²) in [6, 6.07) is 7.98. The SMILES string of the molecule is Cn1cc(C(=O)N2CCc3ccccc3C2)c(=O)n(C)c1=O. The Bertz CT molecular complexity index is 864. The number of fused-ring (bicyclic) bond motifs is 1. The summed E-state index contributed by atoms with van der Waals surface area (Å²) < 4.78 is 2.22. The number of benzene rings is 1. The smallest absolute Gasteiger partial charge is 0.330 e. The Kier molecular flexibility index (Phi) is 3.44. The second-order valence-corrected chi connectivity index (χ2v) is 5.55. The molecular formula is C16H17N3O3. The van der Waals surface area contributed by atoms with E-state index in [0.717, 1.165) is 16.6 Å². The molecule has 2 heterocycles. The van der Waals surface area contributed by atoms with Gasteiger partial charge >= 0.3 is 5.69 Å². The molecule has 114 valence electrons. The fourth-order valence-corrected chi connectivity index (χ4v) is 2.79.